The van der Waals surface area contributed by atoms with Crippen LogP contribution in [0.4, 0.5) is 23.5 Å². The van der Waals surface area contributed by atoms with E-state index in [4.69, 9.17) is 4.42 Å². The number of hydrogen-bond donors (Lipinski definition) is 3. The van der Waals surface area contributed by atoms with Gasteiger partial charge in [-0.05, 0) is 31.0 Å². The second-order valence-electron chi connectivity index (χ2n) is 5.96. The highest BCUT2D eigenvalue weighted by Gasteiger charge is 2.30. The van der Waals surface area contributed by atoms with E-state index >= 15 is 0 Å². The Morgan fingerprint density at radius 2 is 1.96 bits per heavy atom. The number of rotatable bonds is 5. The minimum Gasteiger partial charge on any atom is -0.446 e. The summed E-state index contributed by atoms with van der Waals surface area (Å²) in [5.41, 5.74) is 1.84. The molecule has 3 aromatic heterocycles. The average molecular weight is 333 g/mol. The number of nitrogens with zero attached hydrogens (tertiary/aromatic N) is 4. The number of H-pyrrole nitrogens is 1. The standard InChI is InChI=1S/C17H15N7O/c1-2-4-12-11(3-1)20-17(21-12)24-16-18-8-7-13(23-16)22-15-14(10-5-6-10)25-9-19-15/h1-4,7-10H,5-6H2,(H3,18,20,21,22,23,24). The van der Waals surface area contributed by atoms with Gasteiger partial charge in [0.1, 0.15) is 5.82 Å². The van der Waals surface area contributed by atoms with Crippen molar-refractivity contribution in [1.29, 1.82) is 0 Å². The number of aromatic nitrogens is 5. The third-order valence-electron chi connectivity index (χ3n) is 4.06. The zero-order valence-electron chi connectivity index (χ0n) is 13.2. The molecule has 0 radical (unpaired) electrons. The molecule has 124 valence electrons. The molecule has 5 rings (SSSR count). The van der Waals surface area contributed by atoms with Crippen LogP contribution in [0.5, 0.6) is 0 Å². The fourth-order valence-electron chi connectivity index (χ4n) is 2.71. The first-order chi connectivity index (χ1) is 12.3. The largest absolute Gasteiger partial charge is 0.446 e. The van der Waals surface area contributed by atoms with E-state index in [1.807, 2.05) is 24.3 Å². The number of aromatic amines is 1. The molecule has 1 aliphatic rings. The van der Waals surface area contributed by atoms with Gasteiger partial charge in [0.15, 0.2) is 18.0 Å². The molecule has 3 N–H and O–H groups in total. The number of para-hydroxylation sites is 2. The summed E-state index contributed by atoms with van der Waals surface area (Å²) in [7, 11) is 0. The highest BCUT2D eigenvalue weighted by molar-refractivity contribution is 5.77. The minimum atomic E-state index is 0.445. The monoisotopic (exact) mass is 333 g/mol. The molecule has 25 heavy (non-hydrogen) atoms. The molecule has 8 nitrogen and oxygen atoms in total. The first kappa shape index (κ1) is 14.0. The van der Waals surface area contributed by atoms with E-state index in [0.29, 0.717) is 23.6 Å². The van der Waals surface area contributed by atoms with Gasteiger partial charge in [-0.2, -0.15) is 9.97 Å². The van der Waals surface area contributed by atoms with Crippen LogP contribution in [0, 0.1) is 0 Å². The molecule has 0 amide bonds. The van der Waals surface area contributed by atoms with Crippen molar-refractivity contribution >= 4 is 34.6 Å². The van der Waals surface area contributed by atoms with Crippen LogP contribution in [-0.2, 0) is 0 Å². The maximum atomic E-state index is 5.47. The Labute approximate surface area is 142 Å². The first-order valence-electron chi connectivity index (χ1n) is 8.10. The van der Waals surface area contributed by atoms with Gasteiger partial charge in [0, 0.05) is 12.1 Å². The van der Waals surface area contributed by atoms with Crippen LogP contribution >= 0.6 is 0 Å². The molecule has 1 aromatic carbocycles. The minimum absolute atomic E-state index is 0.445. The van der Waals surface area contributed by atoms with Gasteiger partial charge in [-0.1, -0.05) is 12.1 Å². The van der Waals surface area contributed by atoms with E-state index < -0.39 is 0 Å². The predicted molar refractivity (Wildman–Crippen MR) is 93.2 cm³/mol. The summed E-state index contributed by atoms with van der Waals surface area (Å²) in [5.74, 6) is 3.77. The van der Waals surface area contributed by atoms with Gasteiger partial charge in [0.05, 0.1) is 11.0 Å². The number of imidazole rings is 1. The third kappa shape index (κ3) is 2.78. The molecule has 1 fully saturated rings. The Kier molecular flexibility index (Phi) is 3.12. The highest BCUT2D eigenvalue weighted by atomic mass is 16.3. The Morgan fingerprint density at radius 3 is 2.84 bits per heavy atom. The fourth-order valence-corrected chi connectivity index (χ4v) is 2.71. The number of fused-ring (bicyclic) bond motifs is 1. The SMILES string of the molecule is c1ccc2[nH]c(Nc3nccc(Nc4ncoc4C4CC4)n3)nc2c1. The lowest BCUT2D eigenvalue weighted by molar-refractivity contribution is 0.507. The van der Waals surface area contributed by atoms with Gasteiger partial charge in [0.25, 0.3) is 0 Å². The molecule has 8 heteroatoms. The quantitative estimate of drug-likeness (QED) is 0.511. The van der Waals surface area contributed by atoms with Gasteiger partial charge >= 0.3 is 0 Å². The summed E-state index contributed by atoms with van der Waals surface area (Å²) in [4.78, 5) is 20.6. The van der Waals surface area contributed by atoms with E-state index in [9.17, 15) is 0 Å². The van der Waals surface area contributed by atoms with Crippen LogP contribution in [0.25, 0.3) is 11.0 Å². The Bertz CT molecular complexity index is 1000. The van der Waals surface area contributed by atoms with Gasteiger partial charge in [-0.15, -0.1) is 0 Å². The van der Waals surface area contributed by atoms with Crippen molar-refractivity contribution in [2.24, 2.45) is 0 Å². The van der Waals surface area contributed by atoms with E-state index in [2.05, 4.69) is 35.6 Å². The molecule has 0 atom stereocenters. The normalized spacial score (nSPS) is 13.9. The molecule has 0 aliphatic heterocycles. The number of anilines is 4. The first-order valence-corrected chi connectivity index (χ1v) is 8.10. The van der Waals surface area contributed by atoms with Crippen molar-refractivity contribution in [1.82, 2.24) is 24.9 Å². The maximum absolute atomic E-state index is 5.47. The van der Waals surface area contributed by atoms with Crippen LogP contribution in [0.1, 0.15) is 24.5 Å². The molecule has 1 aliphatic carbocycles. The zero-order chi connectivity index (χ0) is 16.6. The van der Waals surface area contributed by atoms with Crippen LogP contribution in [-0.4, -0.2) is 24.9 Å². The summed E-state index contributed by atoms with van der Waals surface area (Å²) in [6.45, 7) is 0. The number of hydrogen-bond acceptors (Lipinski definition) is 7. The van der Waals surface area contributed by atoms with Gasteiger partial charge in [0.2, 0.25) is 11.9 Å². The van der Waals surface area contributed by atoms with Crippen molar-refractivity contribution in [2.75, 3.05) is 10.6 Å². The second kappa shape index (κ2) is 5.59. The molecular formula is C17H15N7O. The van der Waals surface area contributed by atoms with Crippen molar-refractivity contribution in [3.05, 3.63) is 48.7 Å². The van der Waals surface area contributed by atoms with E-state index in [0.717, 1.165) is 35.5 Å². The van der Waals surface area contributed by atoms with Crippen LogP contribution in [0.2, 0.25) is 0 Å². The fraction of sp³-hybridized carbons (Fsp3) is 0.176. The van der Waals surface area contributed by atoms with Crippen molar-refractivity contribution in [3.63, 3.8) is 0 Å². The number of nitrogens with one attached hydrogen (secondary N) is 3. The Morgan fingerprint density at radius 1 is 1.04 bits per heavy atom. The average Bonchev–Trinajstić information content (AvgIpc) is 3.22. The summed E-state index contributed by atoms with van der Waals surface area (Å²) < 4.78 is 5.47. The number of benzene rings is 1. The lowest BCUT2D eigenvalue weighted by atomic mass is 10.3. The smallest absolute Gasteiger partial charge is 0.231 e. The van der Waals surface area contributed by atoms with Crippen LogP contribution < -0.4 is 10.6 Å². The van der Waals surface area contributed by atoms with E-state index in [1.54, 1.807) is 12.3 Å². The molecule has 4 aromatic rings. The van der Waals surface area contributed by atoms with E-state index in [1.165, 1.54) is 6.39 Å². The zero-order valence-corrected chi connectivity index (χ0v) is 13.2. The summed E-state index contributed by atoms with van der Waals surface area (Å²) >= 11 is 0. The molecule has 0 bridgehead atoms. The van der Waals surface area contributed by atoms with Gasteiger partial charge < -0.3 is 14.7 Å². The van der Waals surface area contributed by atoms with Crippen molar-refractivity contribution in [3.8, 4) is 0 Å². The lowest BCUT2D eigenvalue weighted by Gasteiger charge is -2.06. The van der Waals surface area contributed by atoms with Crippen molar-refractivity contribution < 1.29 is 4.42 Å². The molecule has 0 saturated heterocycles. The van der Waals surface area contributed by atoms with Gasteiger partial charge in [-0.25, -0.2) is 9.97 Å². The predicted octanol–water partition coefficient (Wildman–Crippen LogP) is 3.71. The van der Waals surface area contributed by atoms with Gasteiger partial charge in [-0.3, -0.25) is 5.32 Å². The summed E-state index contributed by atoms with van der Waals surface area (Å²) in [6.07, 6.45) is 5.43. The van der Waals surface area contributed by atoms with Crippen LogP contribution in [0.15, 0.2) is 47.3 Å². The summed E-state index contributed by atoms with van der Waals surface area (Å²) in [5, 5.41) is 6.29. The molecule has 1 saturated carbocycles. The van der Waals surface area contributed by atoms with Crippen molar-refractivity contribution in [2.45, 2.75) is 18.8 Å². The third-order valence-corrected chi connectivity index (χ3v) is 4.06. The lowest BCUT2D eigenvalue weighted by Crippen LogP contribution is -2.02. The molecule has 3 heterocycles. The molecule has 0 unspecified atom stereocenters. The highest BCUT2D eigenvalue weighted by Crippen LogP contribution is 2.43. The number of oxazole rings is 1. The topological polar surface area (TPSA) is 105 Å². The second-order valence-corrected chi connectivity index (χ2v) is 5.96. The molecule has 0 spiro atoms. The molecular weight excluding hydrogens is 318 g/mol. The maximum Gasteiger partial charge on any atom is 0.231 e. The Balaban J connectivity index is 1.37. The Hall–Kier alpha value is -3.42. The van der Waals surface area contributed by atoms with Crippen LogP contribution in [0.3, 0.4) is 0 Å². The summed E-state index contributed by atoms with van der Waals surface area (Å²) in [6, 6.07) is 9.61. The van der Waals surface area contributed by atoms with E-state index in [-0.39, 0.29) is 0 Å².